The molecule has 0 bridgehead atoms. The van der Waals surface area contributed by atoms with Gasteiger partial charge >= 0.3 is 5.97 Å². The van der Waals surface area contributed by atoms with Gasteiger partial charge in [-0.3, -0.25) is 4.79 Å². The van der Waals surface area contributed by atoms with Crippen molar-refractivity contribution in [1.82, 2.24) is 15.0 Å². The molecule has 0 fully saturated rings. The number of carbonyl (C=O) groups is 1. The second kappa shape index (κ2) is 5.22. The van der Waals surface area contributed by atoms with E-state index in [-0.39, 0.29) is 6.42 Å². The van der Waals surface area contributed by atoms with E-state index in [0.29, 0.717) is 6.42 Å². The van der Waals surface area contributed by atoms with E-state index in [1.807, 2.05) is 32.9 Å². The van der Waals surface area contributed by atoms with E-state index in [9.17, 15) is 4.79 Å². The van der Waals surface area contributed by atoms with Crippen molar-refractivity contribution in [3.8, 4) is 5.69 Å². The Morgan fingerprint density at radius 3 is 2.42 bits per heavy atom. The molecule has 0 amide bonds. The van der Waals surface area contributed by atoms with Crippen molar-refractivity contribution < 1.29 is 9.90 Å². The van der Waals surface area contributed by atoms with Crippen LogP contribution in [0, 0.1) is 20.8 Å². The molecule has 5 heteroatoms. The van der Waals surface area contributed by atoms with Gasteiger partial charge in [0, 0.05) is 6.42 Å². The number of hydrogen-bond donors (Lipinski definition) is 1. The summed E-state index contributed by atoms with van der Waals surface area (Å²) in [6.45, 7) is 5.98. The van der Waals surface area contributed by atoms with Gasteiger partial charge in [0.25, 0.3) is 0 Å². The van der Waals surface area contributed by atoms with Gasteiger partial charge in [-0.05, 0) is 44.0 Å². The molecule has 1 aromatic heterocycles. The van der Waals surface area contributed by atoms with Gasteiger partial charge in [0.2, 0.25) is 0 Å². The molecule has 0 aliphatic rings. The molecule has 0 unspecified atom stereocenters. The summed E-state index contributed by atoms with van der Waals surface area (Å²) in [4.78, 5) is 10.6. The van der Waals surface area contributed by atoms with Crippen LogP contribution in [0.15, 0.2) is 18.2 Å². The Morgan fingerprint density at radius 1 is 1.21 bits per heavy atom. The van der Waals surface area contributed by atoms with Crippen LogP contribution in [0.2, 0.25) is 0 Å². The van der Waals surface area contributed by atoms with Crippen molar-refractivity contribution in [2.24, 2.45) is 0 Å². The van der Waals surface area contributed by atoms with Crippen molar-refractivity contribution in [3.63, 3.8) is 0 Å². The number of benzene rings is 1. The molecule has 0 aliphatic heterocycles. The number of aryl methyl sites for hydroxylation is 3. The molecule has 19 heavy (non-hydrogen) atoms. The summed E-state index contributed by atoms with van der Waals surface area (Å²) in [5, 5.41) is 16.9. The average Bonchev–Trinajstić information content (AvgIpc) is 2.66. The Bertz CT molecular complexity index is 597. The average molecular weight is 259 g/mol. The molecule has 0 saturated heterocycles. The first-order valence-corrected chi connectivity index (χ1v) is 6.19. The summed E-state index contributed by atoms with van der Waals surface area (Å²) in [6, 6.07) is 6.17. The summed E-state index contributed by atoms with van der Waals surface area (Å²) >= 11 is 0. The maximum absolute atomic E-state index is 10.6. The Balaban J connectivity index is 2.33. The van der Waals surface area contributed by atoms with Crippen molar-refractivity contribution in [1.29, 1.82) is 0 Å². The van der Waals surface area contributed by atoms with Gasteiger partial charge in [0.05, 0.1) is 23.5 Å². The first kappa shape index (κ1) is 13.3. The predicted molar refractivity (Wildman–Crippen MR) is 71.5 cm³/mol. The van der Waals surface area contributed by atoms with Crippen molar-refractivity contribution >= 4 is 5.97 Å². The highest BCUT2D eigenvalue weighted by Gasteiger charge is 2.11. The molecule has 2 rings (SSSR count). The molecule has 1 heterocycles. The Hall–Kier alpha value is -2.17. The number of aliphatic carboxylic acids is 1. The van der Waals surface area contributed by atoms with E-state index in [1.54, 1.807) is 4.68 Å². The highest BCUT2D eigenvalue weighted by molar-refractivity contribution is 5.67. The molecule has 2 aromatic rings. The Kier molecular flexibility index (Phi) is 3.64. The molecule has 0 spiro atoms. The van der Waals surface area contributed by atoms with Crippen LogP contribution in [0.3, 0.4) is 0 Å². The lowest BCUT2D eigenvalue weighted by atomic mass is 10.1. The monoisotopic (exact) mass is 259 g/mol. The molecule has 0 radical (unpaired) electrons. The van der Waals surface area contributed by atoms with E-state index >= 15 is 0 Å². The minimum Gasteiger partial charge on any atom is -0.481 e. The van der Waals surface area contributed by atoms with Crippen LogP contribution in [-0.4, -0.2) is 26.1 Å². The van der Waals surface area contributed by atoms with Crippen LogP contribution < -0.4 is 0 Å². The van der Waals surface area contributed by atoms with Crippen LogP contribution in [-0.2, 0) is 11.2 Å². The maximum atomic E-state index is 10.6. The molecule has 5 nitrogen and oxygen atoms in total. The first-order valence-electron chi connectivity index (χ1n) is 6.19. The minimum absolute atomic E-state index is 0.0758. The van der Waals surface area contributed by atoms with Crippen LogP contribution in [0.1, 0.15) is 28.9 Å². The SMILES string of the molecule is Cc1cc(C)cc(-n2nnc(CCC(=O)O)c2C)c1. The third kappa shape index (κ3) is 2.99. The zero-order valence-electron chi connectivity index (χ0n) is 11.3. The Morgan fingerprint density at radius 2 is 1.84 bits per heavy atom. The normalized spacial score (nSPS) is 10.7. The van der Waals surface area contributed by atoms with E-state index in [4.69, 9.17) is 5.11 Å². The van der Waals surface area contributed by atoms with Crippen LogP contribution >= 0.6 is 0 Å². The van der Waals surface area contributed by atoms with Gasteiger partial charge in [0.1, 0.15) is 0 Å². The smallest absolute Gasteiger partial charge is 0.303 e. The van der Waals surface area contributed by atoms with E-state index in [2.05, 4.69) is 16.4 Å². The van der Waals surface area contributed by atoms with Gasteiger partial charge in [-0.2, -0.15) is 0 Å². The van der Waals surface area contributed by atoms with E-state index in [0.717, 1.165) is 28.2 Å². The van der Waals surface area contributed by atoms with Crippen molar-refractivity contribution in [3.05, 3.63) is 40.7 Å². The second-order valence-electron chi connectivity index (χ2n) is 4.77. The second-order valence-corrected chi connectivity index (χ2v) is 4.77. The topological polar surface area (TPSA) is 68.0 Å². The molecular weight excluding hydrogens is 242 g/mol. The molecule has 0 atom stereocenters. The number of rotatable bonds is 4. The number of aromatic nitrogens is 3. The largest absolute Gasteiger partial charge is 0.481 e. The molecule has 100 valence electrons. The lowest BCUT2D eigenvalue weighted by molar-refractivity contribution is -0.136. The molecule has 0 aliphatic carbocycles. The van der Waals surface area contributed by atoms with E-state index in [1.165, 1.54) is 0 Å². The summed E-state index contributed by atoms with van der Waals surface area (Å²) in [5.74, 6) is -0.819. The lowest BCUT2D eigenvalue weighted by Crippen LogP contribution is -2.02. The van der Waals surface area contributed by atoms with Crippen LogP contribution in [0.25, 0.3) is 5.69 Å². The van der Waals surface area contributed by atoms with Gasteiger partial charge in [0.15, 0.2) is 0 Å². The highest BCUT2D eigenvalue weighted by atomic mass is 16.4. The standard InChI is InChI=1S/C14H17N3O2/c1-9-6-10(2)8-12(7-9)17-11(3)13(15-16-17)4-5-14(18)19/h6-8H,4-5H2,1-3H3,(H,18,19). The quantitative estimate of drug-likeness (QED) is 0.914. The summed E-state index contributed by atoms with van der Waals surface area (Å²) in [7, 11) is 0. The minimum atomic E-state index is -0.819. The molecule has 0 saturated carbocycles. The predicted octanol–water partition coefficient (Wildman–Crippen LogP) is 2.21. The van der Waals surface area contributed by atoms with Crippen LogP contribution in [0.5, 0.6) is 0 Å². The number of hydrogen-bond acceptors (Lipinski definition) is 3. The zero-order chi connectivity index (χ0) is 14.0. The third-order valence-electron chi connectivity index (χ3n) is 3.02. The summed E-state index contributed by atoms with van der Waals surface area (Å²) in [6.07, 6.45) is 0.484. The number of carboxylic acids is 1. The van der Waals surface area contributed by atoms with Crippen molar-refractivity contribution in [2.45, 2.75) is 33.6 Å². The fourth-order valence-corrected chi connectivity index (χ4v) is 2.13. The molecule has 1 aromatic carbocycles. The van der Waals surface area contributed by atoms with Gasteiger partial charge in [-0.15, -0.1) is 5.10 Å². The zero-order valence-corrected chi connectivity index (χ0v) is 11.3. The van der Waals surface area contributed by atoms with Crippen molar-refractivity contribution in [2.75, 3.05) is 0 Å². The van der Waals surface area contributed by atoms with Gasteiger partial charge in [-0.1, -0.05) is 11.3 Å². The summed E-state index contributed by atoms with van der Waals surface area (Å²) < 4.78 is 1.76. The summed E-state index contributed by atoms with van der Waals surface area (Å²) in [5.41, 5.74) is 4.92. The molecular formula is C14H17N3O2. The number of carboxylic acid groups (broad SMARTS) is 1. The fraction of sp³-hybridized carbons (Fsp3) is 0.357. The van der Waals surface area contributed by atoms with Crippen LogP contribution in [0.4, 0.5) is 0 Å². The maximum Gasteiger partial charge on any atom is 0.303 e. The Labute approximate surface area is 111 Å². The number of nitrogens with zero attached hydrogens (tertiary/aromatic N) is 3. The van der Waals surface area contributed by atoms with Gasteiger partial charge < -0.3 is 5.11 Å². The third-order valence-corrected chi connectivity index (χ3v) is 3.02. The molecule has 1 N–H and O–H groups in total. The first-order chi connectivity index (χ1) is 8.97. The lowest BCUT2D eigenvalue weighted by Gasteiger charge is -2.06. The van der Waals surface area contributed by atoms with Gasteiger partial charge in [-0.25, -0.2) is 4.68 Å². The fourth-order valence-electron chi connectivity index (χ4n) is 2.13. The van der Waals surface area contributed by atoms with E-state index < -0.39 is 5.97 Å². The highest BCUT2D eigenvalue weighted by Crippen LogP contribution is 2.16.